The third-order valence-corrected chi connectivity index (χ3v) is 9.32. The smallest absolute Gasteiger partial charge is 0.238 e. The van der Waals surface area contributed by atoms with Crippen molar-refractivity contribution in [1.82, 2.24) is 4.90 Å². The van der Waals surface area contributed by atoms with Crippen molar-refractivity contribution in [2.24, 2.45) is 5.92 Å². The molecule has 0 amide bonds. The number of hydrogen-bond donors (Lipinski definition) is 7. The average molecular weight is 588 g/mol. The lowest BCUT2D eigenvalue weighted by Crippen LogP contribution is -2.64. The summed E-state index contributed by atoms with van der Waals surface area (Å²) in [7, 11) is 2.19. The van der Waals surface area contributed by atoms with Crippen LogP contribution in [0.4, 0.5) is 0 Å². The van der Waals surface area contributed by atoms with Gasteiger partial charge in [-0.05, 0) is 56.3 Å². The van der Waals surface area contributed by atoms with Crippen molar-refractivity contribution in [3.63, 3.8) is 0 Å². The number of aromatic hydroxyl groups is 6. The van der Waals surface area contributed by atoms with Gasteiger partial charge in [-0.25, -0.2) is 0 Å². The molecule has 7 N–H and O–H groups in total. The van der Waals surface area contributed by atoms with E-state index in [1.807, 2.05) is 12.1 Å². The highest BCUT2D eigenvalue weighted by Crippen LogP contribution is 2.62. The minimum Gasteiger partial charge on any atom is -0.508 e. The molecule has 2 aliphatic carbocycles. The SMILES string of the molecule is CN1CC[C@]23c4c5ccc(O)c4O[C@H]2[C@@H](O)C=C[C@H]3[C@H]1C5.O=c1c(O)c(-c2ccc(O)c(O)c2)oc2cc(O)cc(O)c12. The Balaban J connectivity index is 0.000000140. The first kappa shape index (κ1) is 27.0. The maximum Gasteiger partial charge on any atom is 0.238 e. The maximum atomic E-state index is 12.1. The zero-order valence-corrected chi connectivity index (χ0v) is 22.9. The number of aliphatic hydroxyl groups is 1. The summed E-state index contributed by atoms with van der Waals surface area (Å²) >= 11 is 0. The number of piperidine rings is 1. The van der Waals surface area contributed by atoms with Crippen LogP contribution in [0.1, 0.15) is 17.5 Å². The third kappa shape index (κ3) is 3.78. The molecule has 3 aromatic carbocycles. The Kier molecular flexibility index (Phi) is 5.85. The van der Waals surface area contributed by atoms with Gasteiger partial charge >= 0.3 is 0 Å². The minimum atomic E-state index is -0.888. The largest absolute Gasteiger partial charge is 0.508 e. The van der Waals surface area contributed by atoms with Crippen molar-refractivity contribution in [2.75, 3.05) is 13.6 Å². The lowest BCUT2D eigenvalue weighted by atomic mass is 9.53. The number of likely N-dealkylation sites (tertiary alicyclic amines) is 1. The van der Waals surface area contributed by atoms with E-state index in [1.165, 1.54) is 17.2 Å². The second-order valence-corrected chi connectivity index (χ2v) is 11.6. The molecule has 2 bridgehead atoms. The number of phenols is 5. The summed E-state index contributed by atoms with van der Waals surface area (Å²) in [6, 6.07) is 9.87. The van der Waals surface area contributed by atoms with E-state index >= 15 is 0 Å². The fourth-order valence-electron chi connectivity index (χ4n) is 7.37. The van der Waals surface area contributed by atoms with Gasteiger partial charge in [0.15, 0.2) is 28.8 Å². The van der Waals surface area contributed by atoms with Gasteiger partial charge in [-0.2, -0.15) is 0 Å². The van der Waals surface area contributed by atoms with Crippen molar-refractivity contribution in [1.29, 1.82) is 0 Å². The Bertz CT molecular complexity index is 1900. The Morgan fingerprint density at radius 2 is 1.67 bits per heavy atom. The van der Waals surface area contributed by atoms with Gasteiger partial charge in [0, 0.05) is 40.6 Å². The molecule has 1 spiro atoms. The molecule has 5 atom stereocenters. The van der Waals surface area contributed by atoms with E-state index in [4.69, 9.17) is 9.15 Å². The highest BCUT2D eigenvalue weighted by molar-refractivity contribution is 5.88. The van der Waals surface area contributed by atoms with E-state index in [-0.39, 0.29) is 51.1 Å². The van der Waals surface area contributed by atoms with Crippen LogP contribution in [-0.2, 0) is 11.8 Å². The van der Waals surface area contributed by atoms with E-state index in [0.29, 0.717) is 17.7 Å². The standard InChI is InChI=1S/C17H19NO3.C15H10O7/c1-18-7-6-17-10-3-5-13(20)16(17)21-15-12(19)4-2-9(14(15)17)8-11(10)18;16-7-4-10(19)12-11(5-7)22-15(14(21)13(12)20)6-1-2-8(17)9(18)3-6/h2-5,10-11,13,16,19-20H,6-8H2,1H3;1-5,16-19,21H/t10-,11+,13-,16-,17-;/m0./s1. The third-order valence-electron chi connectivity index (χ3n) is 9.32. The summed E-state index contributed by atoms with van der Waals surface area (Å²) in [5.74, 6) is -1.52. The number of phenolic OH excluding ortho intramolecular Hbond substituents is 5. The number of nitrogens with zero attached hydrogens (tertiary/aromatic N) is 1. The summed E-state index contributed by atoms with van der Waals surface area (Å²) in [6.45, 7) is 1.01. The molecule has 222 valence electrons. The lowest BCUT2D eigenvalue weighted by molar-refractivity contribution is -0.0453. The number of likely N-dealkylation sites (N-methyl/N-ethyl adjacent to an activating group) is 1. The Morgan fingerprint density at radius 3 is 2.44 bits per heavy atom. The molecule has 0 saturated carbocycles. The monoisotopic (exact) mass is 587 g/mol. The first-order chi connectivity index (χ1) is 20.5. The summed E-state index contributed by atoms with van der Waals surface area (Å²) in [5.41, 5.74) is 1.40. The van der Waals surface area contributed by atoms with E-state index in [1.54, 1.807) is 6.07 Å². The van der Waals surface area contributed by atoms with Gasteiger partial charge in [-0.1, -0.05) is 18.2 Å². The molecule has 2 aliphatic heterocycles. The second kappa shape index (κ2) is 9.32. The van der Waals surface area contributed by atoms with Crippen LogP contribution in [0.2, 0.25) is 0 Å². The number of aliphatic hydroxyl groups excluding tert-OH is 1. The number of ether oxygens (including phenoxy) is 1. The van der Waals surface area contributed by atoms with E-state index in [2.05, 4.69) is 18.0 Å². The first-order valence-corrected chi connectivity index (χ1v) is 13.8. The number of hydrogen-bond acceptors (Lipinski definition) is 11. The number of benzene rings is 3. The van der Waals surface area contributed by atoms with Gasteiger partial charge < -0.3 is 49.8 Å². The quantitative estimate of drug-likeness (QED) is 0.128. The summed E-state index contributed by atoms with van der Waals surface area (Å²) < 4.78 is 11.4. The number of rotatable bonds is 1. The van der Waals surface area contributed by atoms with Crippen molar-refractivity contribution >= 4 is 11.0 Å². The van der Waals surface area contributed by atoms with E-state index < -0.39 is 28.8 Å². The average Bonchev–Trinajstić information content (AvgIpc) is 3.33. The molecule has 1 aromatic heterocycles. The van der Waals surface area contributed by atoms with Crippen LogP contribution in [0.3, 0.4) is 0 Å². The van der Waals surface area contributed by atoms with Crippen LogP contribution in [0, 0.1) is 5.92 Å². The number of fused-ring (bicyclic) bond motifs is 1. The molecule has 11 nitrogen and oxygen atoms in total. The van der Waals surface area contributed by atoms with Crippen molar-refractivity contribution in [3.05, 3.63) is 76.0 Å². The molecule has 3 heterocycles. The van der Waals surface area contributed by atoms with Gasteiger partial charge in [0.05, 0.1) is 0 Å². The second-order valence-electron chi connectivity index (χ2n) is 11.6. The maximum absolute atomic E-state index is 12.1. The fraction of sp³-hybridized carbons (Fsp3) is 0.281. The molecule has 0 unspecified atom stereocenters. The molecule has 4 aromatic rings. The van der Waals surface area contributed by atoms with Gasteiger partial charge in [0.25, 0.3) is 0 Å². The van der Waals surface area contributed by atoms with Crippen LogP contribution < -0.4 is 10.2 Å². The molecule has 1 fully saturated rings. The van der Waals surface area contributed by atoms with Crippen molar-refractivity contribution < 1.29 is 44.9 Å². The Labute approximate surface area is 244 Å². The molecular formula is C32H29NO10. The van der Waals surface area contributed by atoms with Gasteiger partial charge in [-0.15, -0.1) is 0 Å². The van der Waals surface area contributed by atoms with Gasteiger partial charge in [0.1, 0.15) is 34.7 Å². The molecule has 4 aliphatic rings. The predicted molar refractivity (Wildman–Crippen MR) is 154 cm³/mol. The zero-order valence-electron chi connectivity index (χ0n) is 22.9. The normalized spacial score (nSPS) is 26.4. The van der Waals surface area contributed by atoms with Gasteiger partial charge in [-0.3, -0.25) is 4.79 Å². The first-order valence-electron chi connectivity index (χ1n) is 13.8. The summed E-state index contributed by atoms with van der Waals surface area (Å²) in [4.78, 5) is 14.6. The highest BCUT2D eigenvalue weighted by atomic mass is 16.5. The van der Waals surface area contributed by atoms with Crippen molar-refractivity contribution in [3.8, 4) is 51.6 Å². The van der Waals surface area contributed by atoms with Crippen LogP contribution in [0.25, 0.3) is 22.3 Å². The summed E-state index contributed by atoms with van der Waals surface area (Å²) in [5, 5.41) is 68.3. The molecule has 8 rings (SSSR count). The molecule has 11 heteroatoms. The van der Waals surface area contributed by atoms with E-state index in [9.17, 15) is 40.5 Å². The molecule has 1 saturated heterocycles. The minimum absolute atomic E-state index is 0.134. The van der Waals surface area contributed by atoms with Crippen LogP contribution in [0.5, 0.6) is 40.2 Å². The molecular weight excluding hydrogens is 558 g/mol. The van der Waals surface area contributed by atoms with Crippen LogP contribution in [-0.4, -0.2) is 72.5 Å². The Morgan fingerprint density at radius 1 is 0.907 bits per heavy atom. The summed E-state index contributed by atoms with van der Waals surface area (Å²) in [6.07, 6.45) is 5.18. The fourth-order valence-corrected chi connectivity index (χ4v) is 7.37. The van der Waals surface area contributed by atoms with E-state index in [0.717, 1.165) is 43.7 Å². The zero-order chi connectivity index (χ0) is 30.4. The predicted octanol–water partition coefficient (Wildman–Crippen LogP) is 3.19. The molecule has 0 radical (unpaired) electrons. The van der Waals surface area contributed by atoms with Crippen molar-refractivity contribution in [2.45, 2.75) is 36.5 Å². The Hall–Kier alpha value is -4.87. The van der Waals surface area contributed by atoms with Crippen LogP contribution >= 0.6 is 0 Å². The highest BCUT2D eigenvalue weighted by Gasteiger charge is 2.64. The van der Waals surface area contributed by atoms with Crippen LogP contribution in [0.15, 0.2) is 63.8 Å². The van der Waals surface area contributed by atoms with Gasteiger partial charge in [0.2, 0.25) is 11.2 Å². The molecule has 43 heavy (non-hydrogen) atoms. The lowest BCUT2D eigenvalue weighted by Gasteiger charge is -2.56. The topological polar surface area (TPSA) is 184 Å².